The molecule has 0 spiro atoms. The van der Waals surface area contributed by atoms with Crippen LogP contribution in [-0.2, 0) is 11.3 Å². The van der Waals surface area contributed by atoms with Gasteiger partial charge in [-0.1, -0.05) is 0 Å². The molecule has 0 fully saturated rings. The van der Waals surface area contributed by atoms with Gasteiger partial charge in [0.05, 0.1) is 26.5 Å². The number of nitrogens with one attached hydrogen (secondary N) is 2. The Kier molecular flexibility index (Phi) is 6.31. The van der Waals surface area contributed by atoms with Crippen LogP contribution in [-0.4, -0.2) is 47.9 Å². The standard InChI is InChI=1S/C16H19N3O5S/c1-23-10-3-4-11(13(7-10)24-2)12-8-14(20)18-16(25)19(12)6-5-17-9-15(21)22/h3-4,7-8,17H,5-6,9H2,1-2H3,(H,21,22)(H,18,20,25). The molecule has 2 aromatic rings. The van der Waals surface area contributed by atoms with E-state index in [2.05, 4.69) is 10.3 Å². The van der Waals surface area contributed by atoms with Crippen molar-refractivity contribution in [3.05, 3.63) is 39.4 Å². The minimum atomic E-state index is -0.942. The minimum absolute atomic E-state index is 0.155. The zero-order valence-corrected chi connectivity index (χ0v) is 14.7. The second-order valence-electron chi connectivity index (χ2n) is 5.11. The van der Waals surface area contributed by atoms with Gasteiger partial charge in [-0.25, -0.2) is 0 Å². The summed E-state index contributed by atoms with van der Waals surface area (Å²) in [5.74, 6) is 0.215. The number of aromatic nitrogens is 2. The molecule has 0 amide bonds. The van der Waals surface area contributed by atoms with Crippen LogP contribution in [0, 0.1) is 4.77 Å². The van der Waals surface area contributed by atoms with Crippen molar-refractivity contribution in [2.24, 2.45) is 0 Å². The van der Waals surface area contributed by atoms with E-state index >= 15 is 0 Å². The molecule has 1 heterocycles. The van der Waals surface area contributed by atoms with Crippen LogP contribution >= 0.6 is 12.2 Å². The van der Waals surface area contributed by atoms with Crippen molar-refractivity contribution in [2.45, 2.75) is 6.54 Å². The average Bonchev–Trinajstić information content (AvgIpc) is 2.58. The summed E-state index contributed by atoms with van der Waals surface area (Å²) < 4.78 is 12.6. The van der Waals surface area contributed by atoms with Crippen LogP contribution in [0.5, 0.6) is 11.5 Å². The predicted octanol–water partition coefficient (Wildman–Crippen LogP) is 1.26. The molecule has 2 rings (SSSR count). The van der Waals surface area contributed by atoms with Gasteiger partial charge in [-0.15, -0.1) is 0 Å². The molecule has 0 atom stereocenters. The maximum absolute atomic E-state index is 11.9. The maximum Gasteiger partial charge on any atom is 0.317 e. The first-order valence-electron chi connectivity index (χ1n) is 7.45. The highest BCUT2D eigenvalue weighted by atomic mass is 32.1. The third-order valence-corrected chi connectivity index (χ3v) is 3.83. The van der Waals surface area contributed by atoms with E-state index in [0.29, 0.717) is 35.8 Å². The van der Waals surface area contributed by atoms with Gasteiger partial charge in [0.25, 0.3) is 5.56 Å². The van der Waals surface area contributed by atoms with Crippen molar-refractivity contribution < 1.29 is 19.4 Å². The summed E-state index contributed by atoms with van der Waals surface area (Å²) in [4.78, 5) is 25.0. The molecule has 134 valence electrons. The van der Waals surface area contributed by atoms with Gasteiger partial charge < -0.3 is 24.5 Å². The summed E-state index contributed by atoms with van der Waals surface area (Å²) in [6, 6.07) is 6.68. The Morgan fingerprint density at radius 2 is 2.08 bits per heavy atom. The number of nitrogens with zero attached hydrogens (tertiary/aromatic N) is 1. The van der Waals surface area contributed by atoms with Crippen molar-refractivity contribution in [3.63, 3.8) is 0 Å². The number of methoxy groups -OCH3 is 2. The monoisotopic (exact) mass is 365 g/mol. The van der Waals surface area contributed by atoms with E-state index in [1.807, 2.05) is 0 Å². The van der Waals surface area contributed by atoms with E-state index in [4.69, 9.17) is 26.8 Å². The number of hydrogen-bond donors (Lipinski definition) is 3. The number of carboxylic acid groups (broad SMARTS) is 1. The Bertz CT molecular complexity index is 875. The van der Waals surface area contributed by atoms with Crippen molar-refractivity contribution in [3.8, 4) is 22.8 Å². The van der Waals surface area contributed by atoms with Crippen molar-refractivity contribution >= 4 is 18.2 Å². The number of ether oxygens (including phenoxy) is 2. The smallest absolute Gasteiger partial charge is 0.317 e. The predicted molar refractivity (Wildman–Crippen MR) is 94.9 cm³/mol. The largest absolute Gasteiger partial charge is 0.497 e. The quantitative estimate of drug-likeness (QED) is 0.478. The van der Waals surface area contributed by atoms with E-state index in [9.17, 15) is 9.59 Å². The van der Waals surface area contributed by atoms with Gasteiger partial charge in [-0.2, -0.15) is 0 Å². The Hall–Kier alpha value is -2.65. The third-order valence-electron chi connectivity index (χ3n) is 3.51. The molecule has 3 N–H and O–H groups in total. The number of rotatable bonds is 8. The molecular formula is C16H19N3O5S. The number of hydrogen-bond acceptors (Lipinski definition) is 6. The lowest BCUT2D eigenvalue weighted by molar-refractivity contribution is -0.135. The molecule has 0 aliphatic rings. The van der Waals surface area contributed by atoms with E-state index in [0.717, 1.165) is 0 Å². The molecule has 9 heteroatoms. The summed E-state index contributed by atoms with van der Waals surface area (Å²) in [6.07, 6.45) is 0. The van der Waals surface area contributed by atoms with E-state index < -0.39 is 5.97 Å². The van der Waals surface area contributed by atoms with Gasteiger partial charge in [0.15, 0.2) is 4.77 Å². The lowest BCUT2D eigenvalue weighted by atomic mass is 10.1. The number of aliphatic carboxylic acids is 1. The van der Waals surface area contributed by atoms with E-state index in [1.54, 1.807) is 29.9 Å². The second-order valence-corrected chi connectivity index (χ2v) is 5.50. The Morgan fingerprint density at radius 1 is 1.32 bits per heavy atom. The van der Waals surface area contributed by atoms with Gasteiger partial charge in [0.2, 0.25) is 0 Å². The molecule has 0 saturated heterocycles. The summed E-state index contributed by atoms with van der Waals surface area (Å²) >= 11 is 5.25. The van der Waals surface area contributed by atoms with Crippen LogP contribution in [0.25, 0.3) is 11.3 Å². The van der Waals surface area contributed by atoms with E-state index in [1.165, 1.54) is 13.2 Å². The first-order chi connectivity index (χ1) is 12.0. The van der Waals surface area contributed by atoms with Gasteiger partial charge in [-0.3, -0.25) is 14.6 Å². The Labute approximate surface area is 149 Å². The summed E-state index contributed by atoms with van der Waals surface area (Å²) in [5, 5.41) is 11.5. The van der Waals surface area contributed by atoms with E-state index in [-0.39, 0.29) is 16.9 Å². The lowest BCUT2D eigenvalue weighted by Gasteiger charge is -2.16. The summed E-state index contributed by atoms with van der Waals surface area (Å²) in [7, 11) is 3.08. The first kappa shape index (κ1) is 18.7. The molecule has 0 aliphatic carbocycles. The lowest BCUT2D eigenvalue weighted by Crippen LogP contribution is -2.27. The van der Waals surface area contributed by atoms with Gasteiger partial charge in [-0.05, 0) is 24.4 Å². The minimum Gasteiger partial charge on any atom is -0.497 e. The second kappa shape index (κ2) is 8.45. The van der Waals surface area contributed by atoms with Crippen LogP contribution in [0.3, 0.4) is 0 Å². The summed E-state index contributed by atoms with van der Waals surface area (Å²) in [5.41, 5.74) is 0.928. The zero-order valence-electron chi connectivity index (χ0n) is 13.9. The third kappa shape index (κ3) is 4.68. The average molecular weight is 365 g/mol. The molecule has 25 heavy (non-hydrogen) atoms. The number of carbonyl (C=O) groups is 1. The van der Waals surface area contributed by atoms with Gasteiger partial charge in [0, 0.05) is 30.8 Å². The number of aromatic amines is 1. The number of benzene rings is 1. The fourth-order valence-electron chi connectivity index (χ4n) is 2.36. The Balaban J connectivity index is 2.44. The van der Waals surface area contributed by atoms with Crippen LogP contribution in [0.1, 0.15) is 0 Å². The SMILES string of the molecule is COc1ccc(-c2cc(=O)[nH]c(=S)n2CCNCC(=O)O)c(OC)c1. The topological polar surface area (TPSA) is 106 Å². The fourth-order valence-corrected chi connectivity index (χ4v) is 2.65. The molecule has 8 nitrogen and oxygen atoms in total. The van der Waals surface area contributed by atoms with Crippen molar-refractivity contribution in [1.29, 1.82) is 0 Å². The zero-order chi connectivity index (χ0) is 18.4. The van der Waals surface area contributed by atoms with Crippen LogP contribution in [0.15, 0.2) is 29.1 Å². The molecule has 0 radical (unpaired) electrons. The van der Waals surface area contributed by atoms with Crippen LogP contribution in [0.2, 0.25) is 0 Å². The van der Waals surface area contributed by atoms with Gasteiger partial charge in [0.1, 0.15) is 11.5 Å². The summed E-state index contributed by atoms with van der Waals surface area (Å²) in [6.45, 7) is 0.601. The molecule has 0 unspecified atom stereocenters. The van der Waals surface area contributed by atoms with Crippen LogP contribution < -0.4 is 20.3 Å². The molecule has 0 aliphatic heterocycles. The highest BCUT2D eigenvalue weighted by Crippen LogP contribution is 2.32. The maximum atomic E-state index is 11.9. The molecular weight excluding hydrogens is 346 g/mol. The highest BCUT2D eigenvalue weighted by molar-refractivity contribution is 7.71. The normalized spacial score (nSPS) is 10.5. The van der Waals surface area contributed by atoms with Crippen molar-refractivity contribution in [2.75, 3.05) is 27.3 Å². The van der Waals surface area contributed by atoms with Gasteiger partial charge >= 0.3 is 5.97 Å². The molecule has 1 aromatic carbocycles. The molecule has 1 aromatic heterocycles. The number of carboxylic acids is 1. The number of H-pyrrole nitrogens is 1. The van der Waals surface area contributed by atoms with Crippen LogP contribution in [0.4, 0.5) is 0 Å². The fraction of sp³-hybridized carbons (Fsp3) is 0.312. The highest BCUT2D eigenvalue weighted by Gasteiger charge is 2.13. The first-order valence-corrected chi connectivity index (χ1v) is 7.86. The van der Waals surface area contributed by atoms with Crippen molar-refractivity contribution in [1.82, 2.24) is 14.9 Å². The molecule has 0 bridgehead atoms. The Morgan fingerprint density at radius 3 is 2.72 bits per heavy atom. The molecule has 0 saturated carbocycles.